The van der Waals surface area contributed by atoms with Gasteiger partial charge in [-0.15, -0.1) is 0 Å². The standard InChI is InChI=1S/C12H24BrN3O/c1-15-8-10-16(11-9-15)7-6-14-12(17)4-2-3-5-13/h2-11H2,1H3,(H,14,17). The van der Waals surface area contributed by atoms with E-state index < -0.39 is 0 Å². The molecule has 5 heteroatoms. The summed E-state index contributed by atoms with van der Waals surface area (Å²) in [5.74, 6) is 0.195. The van der Waals surface area contributed by atoms with Gasteiger partial charge in [0.1, 0.15) is 0 Å². The summed E-state index contributed by atoms with van der Waals surface area (Å²) in [4.78, 5) is 16.2. The molecule has 0 bridgehead atoms. The van der Waals surface area contributed by atoms with Gasteiger partial charge in [0.05, 0.1) is 0 Å². The first-order valence-corrected chi connectivity index (χ1v) is 7.58. The van der Waals surface area contributed by atoms with Crippen LogP contribution in [0.25, 0.3) is 0 Å². The molecule has 1 saturated heterocycles. The van der Waals surface area contributed by atoms with E-state index in [0.29, 0.717) is 6.42 Å². The molecule has 1 amide bonds. The van der Waals surface area contributed by atoms with Crippen molar-refractivity contribution in [3.8, 4) is 0 Å². The predicted molar refractivity (Wildman–Crippen MR) is 74.6 cm³/mol. The number of halogens is 1. The molecule has 1 aliphatic rings. The number of unbranched alkanes of at least 4 members (excludes halogenated alkanes) is 1. The third kappa shape index (κ3) is 7.01. The van der Waals surface area contributed by atoms with Gasteiger partial charge in [-0.05, 0) is 19.9 Å². The Bertz CT molecular complexity index is 218. The van der Waals surface area contributed by atoms with Crippen LogP contribution in [0.3, 0.4) is 0 Å². The van der Waals surface area contributed by atoms with Crippen molar-refractivity contribution in [2.24, 2.45) is 0 Å². The molecule has 0 unspecified atom stereocenters. The molecule has 1 rings (SSSR count). The molecule has 0 aromatic carbocycles. The predicted octanol–water partition coefficient (Wildman–Crippen LogP) is 0.915. The number of hydrogen-bond donors (Lipinski definition) is 1. The lowest BCUT2D eigenvalue weighted by Gasteiger charge is -2.32. The molecule has 0 atom stereocenters. The normalized spacial score (nSPS) is 18.2. The number of alkyl halides is 1. The summed E-state index contributed by atoms with van der Waals surface area (Å²) in [6.07, 6.45) is 2.71. The minimum atomic E-state index is 0.195. The van der Waals surface area contributed by atoms with Crippen molar-refractivity contribution in [3.05, 3.63) is 0 Å². The number of likely N-dealkylation sites (N-methyl/N-ethyl adjacent to an activating group) is 1. The van der Waals surface area contributed by atoms with Crippen LogP contribution >= 0.6 is 15.9 Å². The highest BCUT2D eigenvalue weighted by molar-refractivity contribution is 9.09. The van der Waals surface area contributed by atoms with Crippen LogP contribution in [0, 0.1) is 0 Å². The van der Waals surface area contributed by atoms with Crippen molar-refractivity contribution in [2.45, 2.75) is 19.3 Å². The van der Waals surface area contributed by atoms with Crippen molar-refractivity contribution < 1.29 is 4.79 Å². The highest BCUT2D eigenvalue weighted by Crippen LogP contribution is 1.99. The summed E-state index contributed by atoms with van der Waals surface area (Å²) < 4.78 is 0. The van der Waals surface area contributed by atoms with Gasteiger partial charge >= 0.3 is 0 Å². The van der Waals surface area contributed by atoms with E-state index in [9.17, 15) is 4.79 Å². The summed E-state index contributed by atoms with van der Waals surface area (Å²) in [5, 5.41) is 3.98. The smallest absolute Gasteiger partial charge is 0.220 e. The Labute approximate surface area is 113 Å². The zero-order valence-corrected chi connectivity index (χ0v) is 12.3. The molecular formula is C12H24BrN3O. The van der Waals surface area contributed by atoms with E-state index >= 15 is 0 Å². The van der Waals surface area contributed by atoms with E-state index in [2.05, 4.69) is 38.1 Å². The number of carbonyl (C=O) groups excluding carboxylic acids is 1. The number of carbonyl (C=O) groups is 1. The van der Waals surface area contributed by atoms with Crippen LogP contribution in [-0.4, -0.2) is 67.4 Å². The second-order valence-electron chi connectivity index (χ2n) is 4.64. The molecule has 1 heterocycles. The van der Waals surface area contributed by atoms with Gasteiger partial charge in [-0.2, -0.15) is 0 Å². The van der Waals surface area contributed by atoms with Gasteiger partial charge in [-0.3, -0.25) is 9.69 Å². The second-order valence-corrected chi connectivity index (χ2v) is 5.43. The number of rotatable bonds is 7. The number of amides is 1. The fourth-order valence-corrected chi connectivity index (χ4v) is 2.29. The molecule has 1 aliphatic heterocycles. The molecule has 0 saturated carbocycles. The van der Waals surface area contributed by atoms with Gasteiger partial charge in [0.25, 0.3) is 0 Å². The Morgan fingerprint density at radius 1 is 1.24 bits per heavy atom. The van der Waals surface area contributed by atoms with Gasteiger partial charge in [-0.25, -0.2) is 0 Å². The number of hydrogen-bond acceptors (Lipinski definition) is 3. The third-order valence-electron chi connectivity index (χ3n) is 3.13. The van der Waals surface area contributed by atoms with E-state index in [1.165, 1.54) is 0 Å². The minimum absolute atomic E-state index is 0.195. The third-order valence-corrected chi connectivity index (χ3v) is 3.69. The topological polar surface area (TPSA) is 35.6 Å². The van der Waals surface area contributed by atoms with Gasteiger partial charge in [-0.1, -0.05) is 15.9 Å². The SMILES string of the molecule is CN1CCN(CCNC(=O)CCCCBr)CC1. The Morgan fingerprint density at radius 2 is 1.94 bits per heavy atom. The molecule has 1 N–H and O–H groups in total. The van der Waals surface area contributed by atoms with Gasteiger partial charge in [0.2, 0.25) is 5.91 Å². The zero-order valence-electron chi connectivity index (χ0n) is 10.8. The lowest BCUT2D eigenvalue weighted by atomic mass is 10.2. The molecular weight excluding hydrogens is 282 g/mol. The van der Waals surface area contributed by atoms with Crippen molar-refractivity contribution in [1.29, 1.82) is 0 Å². The van der Waals surface area contributed by atoms with E-state index in [0.717, 1.165) is 57.4 Å². The van der Waals surface area contributed by atoms with Crippen molar-refractivity contribution in [2.75, 3.05) is 51.6 Å². The molecule has 0 aromatic heterocycles. The summed E-state index contributed by atoms with van der Waals surface area (Å²) in [5.41, 5.74) is 0. The first kappa shape index (κ1) is 14.9. The molecule has 0 aromatic rings. The van der Waals surface area contributed by atoms with E-state index in [1.807, 2.05) is 0 Å². The molecule has 1 fully saturated rings. The molecule has 4 nitrogen and oxygen atoms in total. The van der Waals surface area contributed by atoms with Gasteiger partial charge < -0.3 is 10.2 Å². The highest BCUT2D eigenvalue weighted by atomic mass is 79.9. The van der Waals surface area contributed by atoms with Crippen LogP contribution in [0.15, 0.2) is 0 Å². The number of nitrogens with one attached hydrogen (secondary N) is 1. The van der Waals surface area contributed by atoms with Crippen molar-refractivity contribution >= 4 is 21.8 Å². The molecule has 0 radical (unpaired) electrons. The average Bonchev–Trinajstić information content (AvgIpc) is 2.32. The summed E-state index contributed by atoms with van der Waals surface area (Å²) in [6.45, 7) is 6.29. The van der Waals surface area contributed by atoms with E-state index in [4.69, 9.17) is 0 Å². The van der Waals surface area contributed by atoms with Gasteiger partial charge in [0, 0.05) is 51.0 Å². The monoisotopic (exact) mass is 305 g/mol. The Kier molecular flexibility index (Phi) is 7.81. The average molecular weight is 306 g/mol. The lowest BCUT2D eigenvalue weighted by Crippen LogP contribution is -2.46. The van der Waals surface area contributed by atoms with Crippen LogP contribution in [-0.2, 0) is 4.79 Å². The first-order valence-electron chi connectivity index (χ1n) is 6.46. The first-order chi connectivity index (χ1) is 8.22. The maximum Gasteiger partial charge on any atom is 0.220 e. The number of piperazine rings is 1. The van der Waals surface area contributed by atoms with Crippen LogP contribution < -0.4 is 5.32 Å². The van der Waals surface area contributed by atoms with Crippen LogP contribution in [0.1, 0.15) is 19.3 Å². The zero-order chi connectivity index (χ0) is 12.5. The summed E-state index contributed by atoms with van der Waals surface area (Å²) in [7, 11) is 2.16. The highest BCUT2D eigenvalue weighted by Gasteiger charge is 2.13. The quantitative estimate of drug-likeness (QED) is 0.561. The Hall–Kier alpha value is -0.130. The fourth-order valence-electron chi connectivity index (χ4n) is 1.89. The molecule has 0 spiro atoms. The minimum Gasteiger partial charge on any atom is -0.355 e. The Balaban J connectivity index is 1.97. The molecule has 0 aliphatic carbocycles. The largest absolute Gasteiger partial charge is 0.355 e. The summed E-state index contributed by atoms with van der Waals surface area (Å²) >= 11 is 3.37. The second kappa shape index (κ2) is 8.89. The van der Waals surface area contributed by atoms with E-state index in [1.54, 1.807) is 0 Å². The number of nitrogens with zero attached hydrogens (tertiary/aromatic N) is 2. The lowest BCUT2D eigenvalue weighted by molar-refractivity contribution is -0.121. The van der Waals surface area contributed by atoms with Crippen LogP contribution in [0.4, 0.5) is 0 Å². The van der Waals surface area contributed by atoms with Crippen LogP contribution in [0.5, 0.6) is 0 Å². The maximum absolute atomic E-state index is 11.5. The Morgan fingerprint density at radius 3 is 2.59 bits per heavy atom. The summed E-state index contributed by atoms with van der Waals surface area (Å²) in [6, 6.07) is 0. The molecule has 17 heavy (non-hydrogen) atoms. The maximum atomic E-state index is 11.5. The van der Waals surface area contributed by atoms with Crippen LogP contribution in [0.2, 0.25) is 0 Å². The van der Waals surface area contributed by atoms with Gasteiger partial charge in [0.15, 0.2) is 0 Å². The van der Waals surface area contributed by atoms with Crippen molar-refractivity contribution in [1.82, 2.24) is 15.1 Å². The van der Waals surface area contributed by atoms with E-state index in [-0.39, 0.29) is 5.91 Å². The molecule has 100 valence electrons. The van der Waals surface area contributed by atoms with Crippen molar-refractivity contribution in [3.63, 3.8) is 0 Å². The fraction of sp³-hybridized carbons (Fsp3) is 0.917.